The van der Waals surface area contributed by atoms with Gasteiger partial charge in [0.25, 0.3) is 0 Å². The molecule has 0 aromatic carbocycles. The van der Waals surface area contributed by atoms with Crippen molar-refractivity contribution in [2.24, 2.45) is 0 Å². The van der Waals surface area contributed by atoms with E-state index in [0.29, 0.717) is 12.8 Å². The highest BCUT2D eigenvalue weighted by atomic mass is 16.5. The molecule has 0 aliphatic carbocycles. The van der Waals surface area contributed by atoms with Crippen molar-refractivity contribution in [1.82, 2.24) is 4.90 Å². The van der Waals surface area contributed by atoms with Gasteiger partial charge in [-0.15, -0.1) is 0 Å². The molecule has 0 N–H and O–H groups in total. The van der Waals surface area contributed by atoms with Gasteiger partial charge in [0.05, 0.1) is 12.2 Å². The Kier molecular flexibility index (Phi) is 5.89. The van der Waals surface area contributed by atoms with E-state index in [1.807, 2.05) is 13.0 Å². The monoisotopic (exact) mass is 198 g/mol. The number of nitrogens with zero attached hydrogens (tertiary/aromatic N) is 2. The van der Waals surface area contributed by atoms with Crippen LogP contribution in [0.5, 0.6) is 0 Å². The van der Waals surface area contributed by atoms with Crippen molar-refractivity contribution in [3.8, 4) is 6.07 Å². The number of ether oxygens (including phenoxy) is 1. The SMILES string of the molecule is COC(C)CCC(=O)N(C)C(C)C#N. The number of rotatable bonds is 5. The first-order chi connectivity index (χ1) is 6.52. The molecule has 0 aromatic rings. The Hall–Kier alpha value is -1.08. The predicted octanol–water partition coefficient (Wildman–Crippen LogP) is 1.17. The van der Waals surface area contributed by atoms with Gasteiger partial charge in [0.15, 0.2) is 0 Å². The van der Waals surface area contributed by atoms with Gasteiger partial charge in [-0.25, -0.2) is 0 Å². The van der Waals surface area contributed by atoms with E-state index in [1.54, 1.807) is 21.1 Å². The second-order valence-corrected chi connectivity index (χ2v) is 3.39. The predicted molar refractivity (Wildman–Crippen MR) is 53.6 cm³/mol. The summed E-state index contributed by atoms with van der Waals surface area (Å²) in [6.45, 7) is 3.62. The van der Waals surface area contributed by atoms with Crippen LogP contribution in [-0.4, -0.2) is 37.1 Å². The summed E-state index contributed by atoms with van der Waals surface area (Å²) in [4.78, 5) is 12.9. The minimum Gasteiger partial charge on any atom is -0.382 e. The maximum Gasteiger partial charge on any atom is 0.223 e. The Morgan fingerprint density at radius 1 is 1.57 bits per heavy atom. The highest BCUT2D eigenvalue weighted by molar-refractivity contribution is 5.76. The van der Waals surface area contributed by atoms with Crippen LogP contribution in [0.3, 0.4) is 0 Å². The van der Waals surface area contributed by atoms with Gasteiger partial charge in [0.1, 0.15) is 6.04 Å². The Morgan fingerprint density at radius 3 is 2.57 bits per heavy atom. The average molecular weight is 198 g/mol. The molecule has 0 saturated carbocycles. The molecule has 0 aliphatic rings. The van der Waals surface area contributed by atoms with Gasteiger partial charge < -0.3 is 9.64 Å². The van der Waals surface area contributed by atoms with Gasteiger partial charge in [0.2, 0.25) is 5.91 Å². The lowest BCUT2D eigenvalue weighted by molar-refractivity contribution is -0.131. The molecule has 0 saturated heterocycles. The molecular weight excluding hydrogens is 180 g/mol. The van der Waals surface area contributed by atoms with E-state index < -0.39 is 0 Å². The molecular formula is C10H18N2O2. The number of amides is 1. The van der Waals surface area contributed by atoms with Crippen LogP contribution in [0, 0.1) is 11.3 Å². The second-order valence-electron chi connectivity index (χ2n) is 3.39. The van der Waals surface area contributed by atoms with Crippen LogP contribution in [0.25, 0.3) is 0 Å². The lowest BCUT2D eigenvalue weighted by atomic mass is 10.2. The number of carbonyl (C=O) groups is 1. The molecule has 0 rings (SSSR count). The van der Waals surface area contributed by atoms with Crippen LogP contribution in [0.2, 0.25) is 0 Å². The molecule has 0 fully saturated rings. The summed E-state index contributed by atoms with van der Waals surface area (Å²) >= 11 is 0. The van der Waals surface area contributed by atoms with E-state index in [1.165, 1.54) is 4.90 Å². The van der Waals surface area contributed by atoms with Crippen LogP contribution in [0.4, 0.5) is 0 Å². The third-order valence-electron chi connectivity index (χ3n) is 2.33. The zero-order chi connectivity index (χ0) is 11.1. The second kappa shape index (κ2) is 6.39. The number of nitriles is 1. The number of carbonyl (C=O) groups excluding carboxylic acids is 1. The van der Waals surface area contributed by atoms with E-state index in [0.717, 1.165) is 0 Å². The molecule has 0 aromatic heterocycles. The fourth-order valence-electron chi connectivity index (χ4n) is 0.924. The van der Waals surface area contributed by atoms with Gasteiger partial charge in [-0.05, 0) is 20.3 Å². The Bertz CT molecular complexity index is 223. The molecule has 0 aliphatic heterocycles. The Balaban J connectivity index is 3.91. The summed E-state index contributed by atoms with van der Waals surface area (Å²) < 4.78 is 5.03. The summed E-state index contributed by atoms with van der Waals surface area (Å²) in [5, 5.41) is 8.61. The van der Waals surface area contributed by atoms with Crippen molar-refractivity contribution in [2.45, 2.75) is 38.8 Å². The first-order valence-electron chi connectivity index (χ1n) is 4.71. The normalized spacial score (nSPS) is 14.2. The third kappa shape index (κ3) is 4.24. The molecule has 0 heterocycles. The van der Waals surface area contributed by atoms with Crippen LogP contribution in [0.1, 0.15) is 26.7 Å². The quantitative estimate of drug-likeness (QED) is 0.666. The first kappa shape index (κ1) is 12.9. The van der Waals surface area contributed by atoms with E-state index in [9.17, 15) is 4.79 Å². The van der Waals surface area contributed by atoms with Gasteiger partial charge in [-0.2, -0.15) is 5.26 Å². The molecule has 80 valence electrons. The van der Waals surface area contributed by atoms with Crippen molar-refractivity contribution < 1.29 is 9.53 Å². The Morgan fingerprint density at radius 2 is 2.14 bits per heavy atom. The molecule has 14 heavy (non-hydrogen) atoms. The highest BCUT2D eigenvalue weighted by Crippen LogP contribution is 2.04. The standard InChI is InChI=1S/C10H18N2O2/c1-8(7-11)12(3)10(13)6-5-9(2)14-4/h8-9H,5-6H2,1-4H3. The fraction of sp³-hybridized carbons (Fsp3) is 0.800. The van der Waals surface area contributed by atoms with Crippen LogP contribution < -0.4 is 0 Å². The summed E-state index contributed by atoms with van der Waals surface area (Å²) in [6, 6.07) is 1.66. The van der Waals surface area contributed by atoms with E-state index >= 15 is 0 Å². The summed E-state index contributed by atoms with van der Waals surface area (Å²) in [5.74, 6) is -0.0112. The number of methoxy groups -OCH3 is 1. The molecule has 4 nitrogen and oxygen atoms in total. The average Bonchev–Trinajstić information content (AvgIpc) is 2.22. The van der Waals surface area contributed by atoms with Crippen molar-refractivity contribution in [2.75, 3.05) is 14.2 Å². The molecule has 4 heteroatoms. The molecule has 0 radical (unpaired) electrons. The van der Waals surface area contributed by atoms with Crippen LogP contribution in [0.15, 0.2) is 0 Å². The molecule has 2 atom stereocenters. The molecule has 2 unspecified atom stereocenters. The third-order valence-corrected chi connectivity index (χ3v) is 2.33. The number of hydrogen-bond donors (Lipinski definition) is 0. The number of hydrogen-bond acceptors (Lipinski definition) is 3. The zero-order valence-electron chi connectivity index (χ0n) is 9.28. The smallest absolute Gasteiger partial charge is 0.223 e. The fourth-order valence-corrected chi connectivity index (χ4v) is 0.924. The van der Waals surface area contributed by atoms with E-state index in [2.05, 4.69) is 0 Å². The largest absolute Gasteiger partial charge is 0.382 e. The maximum atomic E-state index is 11.5. The van der Waals surface area contributed by atoms with E-state index in [-0.39, 0.29) is 18.1 Å². The van der Waals surface area contributed by atoms with E-state index in [4.69, 9.17) is 10.00 Å². The Labute approximate surface area is 85.5 Å². The molecule has 1 amide bonds. The summed E-state index contributed by atoms with van der Waals surface area (Å²) in [7, 11) is 3.27. The van der Waals surface area contributed by atoms with Gasteiger partial charge in [-0.1, -0.05) is 0 Å². The topological polar surface area (TPSA) is 53.3 Å². The first-order valence-corrected chi connectivity index (χ1v) is 4.71. The lowest BCUT2D eigenvalue weighted by Gasteiger charge is -2.20. The minimum absolute atomic E-state index is 0.0112. The van der Waals surface area contributed by atoms with Crippen molar-refractivity contribution in [3.63, 3.8) is 0 Å². The zero-order valence-corrected chi connectivity index (χ0v) is 9.28. The van der Waals surface area contributed by atoms with Gasteiger partial charge >= 0.3 is 0 Å². The summed E-state index contributed by atoms with van der Waals surface area (Å²) in [6.07, 6.45) is 1.21. The van der Waals surface area contributed by atoms with Gasteiger partial charge in [0, 0.05) is 20.6 Å². The van der Waals surface area contributed by atoms with Crippen LogP contribution in [-0.2, 0) is 9.53 Å². The maximum absolute atomic E-state index is 11.5. The molecule has 0 bridgehead atoms. The van der Waals surface area contributed by atoms with Crippen molar-refractivity contribution in [3.05, 3.63) is 0 Å². The summed E-state index contributed by atoms with van der Waals surface area (Å²) in [5.41, 5.74) is 0. The van der Waals surface area contributed by atoms with Crippen LogP contribution >= 0.6 is 0 Å². The highest BCUT2D eigenvalue weighted by Gasteiger charge is 2.15. The molecule has 0 spiro atoms. The minimum atomic E-state index is -0.361. The van der Waals surface area contributed by atoms with Gasteiger partial charge in [-0.3, -0.25) is 4.79 Å². The lowest BCUT2D eigenvalue weighted by Crippen LogP contribution is -2.34. The van der Waals surface area contributed by atoms with Crippen molar-refractivity contribution in [1.29, 1.82) is 5.26 Å². The van der Waals surface area contributed by atoms with Crippen molar-refractivity contribution >= 4 is 5.91 Å².